The maximum absolute atomic E-state index is 12.9. The van der Waals surface area contributed by atoms with Crippen molar-refractivity contribution in [2.75, 3.05) is 10.6 Å². The standard InChI is InChI=1S/C17H13F3N2O3/c18-17(19,20)10-5-1-2-6-11(10)22-15(23)9-13-16(24)25-14-8-4-3-7-12(14)21-13/h1-8,13,21H,9H2,(H,22,23)/t13-/m1/s1. The number of carbonyl (C=O) groups excluding carboxylic acids is 2. The van der Waals surface area contributed by atoms with Gasteiger partial charge in [-0.15, -0.1) is 0 Å². The second kappa shape index (κ2) is 6.46. The van der Waals surface area contributed by atoms with Crippen molar-refractivity contribution < 1.29 is 27.5 Å². The Balaban J connectivity index is 1.71. The van der Waals surface area contributed by atoms with Crippen molar-refractivity contribution in [1.29, 1.82) is 0 Å². The molecule has 0 unspecified atom stereocenters. The van der Waals surface area contributed by atoms with Crippen LogP contribution in [0.4, 0.5) is 24.5 Å². The highest BCUT2D eigenvalue weighted by Crippen LogP contribution is 2.35. The molecule has 2 N–H and O–H groups in total. The minimum atomic E-state index is -4.59. The van der Waals surface area contributed by atoms with Crippen molar-refractivity contribution in [1.82, 2.24) is 0 Å². The number of rotatable bonds is 3. The predicted molar refractivity (Wildman–Crippen MR) is 84.2 cm³/mol. The number of esters is 1. The summed E-state index contributed by atoms with van der Waals surface area (Å²) in [6.07, 6.45) is -4.95. The lowest BCUT2D eigenvalue weighted by Crippen LogP contribution is -2.40. The van der Waals surface area contributed by atoms with Crippen LogP contribution in [0.25, 0.3) is 0 Å². The number of hydrogen-bond donors (Lipinski definition) is 2. The zero-order valence-electron chi connectivity index (χ0n) is 12.8. The molecular formula is C17H13F3N2O3. The number of hydrogen-bond acceptors (Lipinski definition) is 4. The molecule has 0 radical (unpaired) electrons. The fourth-order valence-electron chi connectivity index (χ4n) is 2.46. The van der Waals surface area contributed by atoms with Crippen LogP contribution in [0.5, 0.6) is 5.75 Å². The maximum atomic E-state index is 12.9. The molecule has 0 spiro atoms. The molecule has 2 aromatic carbocycles. The number of ether oxygens (including phenoxy) is 1. The van der Waals surface area contributed by atoms with Crippen LogP contribution in [0, 0.1) is 0 Å². The Bertz CT molecular complexity index is 821. The van der Waals surface area contributed by atoms with Crippen LogP contribution in [-0.2, 0) is 15.8 Å². The lowest BCUT2D eigenvalue weighted by atomic mass is 10.1. The molecule has 0 aromatic heterocycles. The van der Waals surface area contributed by atoms with Crippen molar-refractivity contribution in [3.05, 3.63) is 54.1 Å². The summed E-state index contributed by atoms with van der Waals surface area (Å²) >= 11 is 0. The van der Waals surface area contributed by atoms with E-state index in [2.05, 4.69) is 10.6 Å². The van der Waals surface area contributed by atoms with E-state index in [0.29, 0.717) is 11.4 Å². The third-order valence-electron chi connectivity index (χ3n) is 3.61. The lowest BCUT2D eigenvalue weighted by Gasteiger charge is -2.25. The summed E-state index contributed by atoms with van der Waals surface area (Å²) in [4.78, 5) is 24.0. The van der Waals surface area contributed by atoms with Crippen LogP contribution in [-0.4, -0.2) is 17.9 Å². The lowest BCUT2D eigenvalue weighted by molar-refractivity contribution is -0.138. The molecule has 2 aromatic rings. The number of amides is 1. The number of carbonyl (C=O) groups is 2. The monoisotopic (exact) mass is 350 g/mol. The second-order valence-electron chi connectivity index (χ2n) is 5.41. The van der Waals surface area contributed by atoms with Crippen LogP contribution in [0.1, 0.15) is 12.0 Å². The van der Waals surface area contributed by atoms with E-state index in [4.69, 9.17) is 4.74 Å². The van der Waals surface area contributed by atoms with Gasteiger partial charge in [-0.3, -0.25) is 4.79 Å². The molecule has 0 saturated heterocycles. The van der Waals surface area contributed by atoms with Gasteiger partial charge >= 0.3 is 12.1 Å². The van der Waals surface area contributed by atoms with Crippen LogP contribution in [0.3, 0.4) is 0 Å². The van der Waals surface area contributed by atoms with Gasteiger partial charge in [-0.2, -0.15) is 13.2 Å². The van der Waals surface area contributed by atoms with Gasteiger partial charge in [-0.1, -0.05) is 24.3 Å². The van der Waals surface area contributed by atoms with Gasteiger partial charge in [0, 0.05) is 0 Å². The predicted octanol–water partition coefficient (Wildman–Crippen LogP) is 3.43. The number of alkyl halides is 3. The van der Waals surface area contributed by atoms with Gasteiger partial charge in [0.25, 0.3) is 0 Å². The summed E-state index contributed by atoms with van der Waals surface area (Å²) in [7, 11) is 0. The number of benzene rings is 2. The van der Waals surface area contributed by atoms with E-state index in [1.807, 2.05) is 0 Å². The first-order chi connectivity index (χ1) is 11.8. The van der Waals surface area contributed by atoms with E-state index in [0.717, 1.165) is 12.1 Å². The first kappa shape index (κ1) is 16.8. The van der Waals surface area contributed by atoms with Crippen molar-refractivity contribution in [2.45, 2.75) is 18.6 Å². The summed E-state index contributed by atoms with van der Waals surface area (Å²) < 4.78 is 44.0. The molecule has 0 aliphatic carbocycles. The molecule has 130 valence electrons. The molecule has 1 aliphatic heterocycles. The molecule has 1 atom stereocenters. The summed E-state index contributed by atoms with van der Waals surface area (Å²) in [5.74, 6) is -1.06. The van der Waals surface area contributed by atoms with Gasteiger partial charge < -0.3 is 15.4 Å². The van der Waals surface area contributed by atoms with E-state index < -0.39 is 29.7 Å². The highest BCUT2D eigenvalue weighted by atomic mass is 19.4. The number of fused-ring (bicyclic) bond motifs is 1. The zero-order valence-corrected chi connectivity index (χ0v) is 12.8. The molecule has 8 heteroatoms. The average Bonchev–Trinajstić information content (AvgIpc) is 2.55. The molecule has 3 rings (SSSR count). The van der Waals surface area contributed by atoms with Crippen LogP contribution in [0.2, 0.25) is 0 Å². The van der Waals surface area contributed by atoms with Crippen LogP contribution >= 0.6 is 0 Å². The van der Waals surface area contributed by atoms with E-state index in [1.165, 1.54) is 12.1 Å². The number of nitrogens with one attached hydrogen (secondary N) is 2. The van der Waals surface area contributed by atoms with Crippen molar-refractivity contribution in [3.8, 4) is 5.75 Å². The third kappa shape index (κ3) is 3.73. The molecule has 0 bridgehead atoms. The highest BCUT2D eigenvalue weighted by molar-refractivity contribution is 5.97. The average molecular weight is 350 g/mol. The Kier molecular flexibility index (Phi) is 4.35. The Labute approximate surface area is 140 Å². The SMILES string of the molecule is O=C(C[C@H]1Nc2ccccc2OC1=O)Nc1ccccc1C(F)(F)F. The highest BCUT2D eigenvalue weighted by Gasteiger charge is 2.34. The Morgan fingerprint density at radius 3 is 2.56 bits per heavy atom. The van der Waals surface area contributed by atoms with E-state index in [1.54, 1.807) is 24.3 Å². The molecule has 0 fully saturated rings. The van der Waals surface area contributed by atoms with Gasteiger partial charge in [0.05, 0.1) is 23.4 Å². The smallest absolute Gasteiger partial charge is 0.418 e. The quantitative estimate of drug-likeness (QED) is 0.657. The van der Waals surface area contributed by atoms with Gasteiger partial charge in [-0.25, -0.2) is 4.79 Å². The maximum Gasteiger partial charge on any atom is 0.418 e. The first-order valence-corrected chi connectivity index (χ1v) is 7.38. The number of anilines is 2. The fourth-order valence-corrected chi connectivity index (χ4v) is 2.46. The third-order valence-corrected chi connectivity index (χ3v) is 3.61. The molecule has 1 aliphatic rings. The van der Waals surface area contributed by atoms with Crippen LogP contribution < -0.4 is 15.4 Å². The summed E-state index contributed by atoms with van der Waals surface area (Å²) in [6.45, 7) is 0. The zero-order chi connectivity index (χ0) is 18.0. The molecule has 25 heavy (non-hydrogen) atoms. The Morgan fingerprint density at radius 2 is 1.80 bits per heavy atom. The molecule has 1 heterocycles. The summed E-state index contributed by atoms with van der Waals surface area (Å²) in [5.41, 5.74) is -0.770. The molecule has 5 nitrogen and oxygen atoms in total. The Hall–Kier alpha value is -3.03. The second-order valence-corrected chi connectivity index (χ2v) is 5.41. The minimum absolute atomic E-state index is 0.339. The van der Waals surface area contributed by atoms with E-state index in [9.17, 15) is 22.8 Å². The van der Waals surface area contributed by atoms with E-state index >= 15 is 0 Å². The summed E-state index contributed by atoms with van der Waals surface area (Å²) in [5, 5.41) is 5.05. The molecule has 0 saturated carbocycles. The summed E-state index contributed by atoms with van der Waals surface area (Å²) in [6, 6.07) is 10.3. The normalized spacial score (nSPS) is 16.4. The van der Waals surface area contributed by atoms with E-state index in [-0.39, 0.29) is 12.1 Å². The van der Waals surface area contributed by atoms with Gasteiger partial charge in [0.1, 0.15) is 6.04 Å². The van der Waals surface area contributed by atoms with Crippen molar-refractivity contribution in [3.63, 3.8) is 0 Å². The van der Waals surface area contributed by atoms with Gasteiger partial charge in [0.2, 0.25) is 5.91 Å². The fraction of sp³-hybridized carbons (Fsp3) is 0.176. The van der Waals surface area contributed by atoms with Crippen LogP contribution in [0.15, 0.2) is 48.5 Å². The largest absolute Gasteiger partial charge is 0.423 e. The number of halogens is 3. The van der Waals surface area contributed by atoms with Crippen molar-refractivity contribution >= 4 is 23.3 Å². The van der Waals surface area contributed by atoms with Gasteiger partial charge in [-0.05, 0) is 24.3 Å². The van der Waals surface area contributed by atoms with Crippen molar-refractivity contribution in [2.24, 2.45) is 0 Å². The molecule has 1 amide bonds. The topological polar surface area (TPSA) is 67.4 Å². The van der Waals surface area contributed by atoms with Gasteiger partial charge in [0.15, 0.2) is 5.75 Å². The number of para-hydroxylation sites is 3. The Morgan fingerprint density at radius 1 is 1.12 bits per heavy atom. The molecular weight excluding hydrogens is 337 g/mol. The minimum Gasteiger partial charge on any atom is -0.423 e. The first-order valence-electron chi connectivity index (χ1n) is 7.38.